The number of rotatable bonds is 15. The van der Waals surface area contributed by atoms with E-state index in [2.05, 4.69) is 16.0 Å². The summed E-state index contributed by atoms with van der Waals surface area (Å²) < 4.78 is 0. The van der Waals surface area contributed by atoms with Gasteiger partial charge in [-0.2, -0.15) is 11.8 Å². The number of nitrogens with one attached hydrogen (secondary N) is 3. The number of carboxylic acids is 1. The van der Waals surface area contributed by atoms with Crippen molar-refractivity contribution >= 4 is 41.4 Å². The molecule has 4 atom stereocenters. The van der Waals surface area contributed by atoms with Crippen LogP contribution >= 0.6 is 11.8 Å². The van der Waals surface area contributed by atoms with Crippen molar-refractivity contribution in [3.8, 4) is 0 Å². The summed E-state index contributed by atoms with van der Waals surface area (Å²) in [6.45, 7) is 3.39. The van der Waals surface area contributed by atoms with Gasteiger partial charge in [0.2, 0.25) is 23.6 Å². The topological polar surface area (TPSA) is 194 Å². The minimum atomic E-state index is -1.41. The fourth-order valence-electron chi connectivity index (χ4n) is 3.19. The second-order valence-electron chi connectivity index (χ2n) is 8.44. The molecule has 0 saturated heterocycles. The van der Waals surface area contributed by atoms with Crippen molar-refractivity contribution in [2.45, 2.75) is 57.3 Å². The van der Waals surface area contributed by atoms with Crippen LogP contribution in [0, 0.1) is 5.92 Å². The Morgan fingerprint density at radius 2 is 1.54 bits per heavy atom. The standard InChI is InChI=1S/C23H35N5O6S/c1-13(2)19(28-20(30)15(24)11-14-7-5-4-6-8-14)22(32)27-17(12-18(25)29)21(31)26-16(23(33)34)9-10-35-3/h4-8,13,15-17,19H,9-12,24H2,1-3H3,(H2,25,29)(H,26,31)(H,27,32)(H,28,30)(H,33,34). The van der Waals surface area contributed by atoms with Gasteiger partial charge in [-0.15, -0.1) is 0 Å². The molecule has 1 rings (SSSR count). The zero-order valence-corrected chi connectivity index (χ0v) is 21.0. The summed E-state index contributed by atoms with van der Waals surface area (Å²) in [5.41, 5.74) is 12.1. The number of aliphatic carboxylic acids is 1. The lowest BCUT2D eigenvalue weighted by molar-refractivity contribution is -0.142. The lowest BCUT2D eigenvalue weighted by atomic mass is 10.0. The molecule has 0 heterocycles. The van der Waals surface area contributed by atoms with Crippen LogP contribution in [0.2, 0.25) is 0 Å². The van der Waals surface area contributed by atoms with E-state index in [9.17, 15) is 29.1 Å². The number of carboxylic acid groups (broad SMARTS) is 1. The highest BCUT2D eigenvalue weighted by Gasteiger charge is 2.32. The third-order valence-corrected chi connectivity index (χ3v) is 5.79. The van der Waals surface area contributed by atoms with Gasteiger partial charge in [0.05, 0.1) is 12.5 Å². The van der Waals surface area contributed by atoms with Crippen LogP contribution < -0.4 is 27.4 Å². The lowest BCUT2D eigenvalue weighted by Crippen LogP contribution is -2.59. The average molecular weight is 510 g/mol. The summed E-state index contributed by atoms with van der Waals surface area (Å²) in [5, 5.41) is 16.7. The number of hydrogen-bond acceptors (Lipinski definition) is 7. The highest BCUT2D eigenvalue weighted by Crippen LogP contribution is 2.07. The Kier molecular flexibility index (Phi) is 12.8. The van der Waals surface area contributed by atoms with Crippen LogP contribution in [0.4, 0.5) is 0 Å². The van der Waals surface area contributed by atoms with Gasteiger partial charge in [0.25, 0.3) is 0 Å². The van der Waals surface area contributed by atoms with Gasteiger partial charge in [-0.3, -0.25) is 19.2 Å². The van der Waals surface area contributed by atoms with Crippen LogP contribution in [0.15, 0.2) is 30.3 Å². The van der Waals surface area contributed by atoms with Crippen molar-refractivity contribution < 1.29 is 29.1 Å². The van der Waals surface area contributed by atoms with E-state index in [0.717, 1.165) is 5.56 Å². The maximum absolute atomic E-state index is 13.0. The lowest BCUT2D eigenvalue weighted by Gasteiger charge is -2.26. The van der Waals surface area contributed by atoms with Crippen LogP contribution in [0.1, 0.15) is 32.3 Å². The summed E-state index contributed by atoms with van der Waals surface area (Å²) in [5.74, 6) is -4.14. The van der Waals surface area contributed by atoms with Gasteiger partial charge in [0.15, 0.2) is 0 Å². The van der Waals surface area contributed by atoms with Crippen LogP contribution in [-0.4, -0.2) is 70.9 Å². The Bertz CT molecular complexity index is 882. The van der Waals surface area contributed by atoms with E-state index in [1.165, 1.54) is 11.8 Å². The first-order chi connectivity index (χ1) is 16.5. The second kappa shape index (κ2) is 15.0. The van der Waals surface area contributed by atoms with E-state index in [1.807, 2.05) is 30.3 Å². The second-order valence-corrected chi connectivity index (χ2v) is 9.42. The molecule has 0 fully saturated rings. The molecule has 35 heavy (non-hydrogen) atoms. The monoisotopic (exact) mass is 509 g/mol. The minimum absolute atomic E-state index is 0.156. The van der Waals surface area contributed by atoms with Crippen molar-refractivity contribution in [2.75, 3.05) is 12.0 Å². The molecule has 0 aliphatic carbocycles. The molecule has 194 valence electrons. The summed E-state index contributed by atoms with van der Waals surface area (Å²) in [6, 6.07) is 4.57. The van der Waals surface area contributed by atoms with E-state index >= 15 is 0 Å². The zero-order chi connectivity index (χ0) is 26.5. The van der Waals surface area contributed by atoms with Crippen LogP contribution in [0.5, 0.6) is 0 Å². The van der Waals surface area contributed by atoms with Gasteiger partial charge in [-0.25, -0.2) is 4.79 Å². The maximum atomic E-state index is 13.0. The first-order valence-corrected chi connectivity index (χ1v) is 12.6. The van der Waals surface area contributed by atoms with Crippen LogP contribution in [0.25, 0.3) is 0 Å². The molecule has 8 N–H and O–H groups in total. The molecule has 0 saturated carbocycles. The molecule has 4 unspecified atom stereocenters. The molecule has 1 aromatic rings. The van der Waals surface area contributed by atoms with Crippen molar-refractivity contribution in [3.63, 3.8) is 0 Å². The molecule has 0 spiro atoms. The quantitative estimate of drug-likeness (QED) is 0.180. The molecule has 4 amide bonds. The molecule has 0 aliphatic rings. The number of carbonyl (C=O) groups is 5. The zero-order valence-electron chi connectivity index (χ0n) is 20.2. The molecule has 11 nitrogen and oxygen atoms in total. The summed E-state index contributed by atoms with van der Waals surface area (Å²) >= 11 is 1.41. The van der Waals surface area contributed by atoms with Gasteiger partial charge >= 0.3 is 5.97 Å². The normalized spacial score (nSPS) is 14.3. The maximum Gasteiger partial charge on any atom is 0.326 e. The first kappa shape index (κ1) is 29.9. The van der Waals surface area contributed by atoms with E-state index in [1.54, 1.807) is 20.1 Å². The molecule has 0 aliphatic heterocycles. The SMILES string of the molecule is CSCCC(NC(=O)C(CC(N)=O)NC(=O)C(NC(=O)C(N)Cc1ccccc1)C(C)C)C(=O)O. The van der Waals surface area contributed by atoms with Gasteiger partial charge in [0, 0.05) is 0 Å². The Balaban J connectivity index is 2.91. The minimum Gasteiger partial charge on any atom is -0.480 e. The van der Waals surface area contributed by atoms with Gasteiger partial charge in [-0.05, 0) is 36.3 Å². The Morgan fingerprint density at radius 1 is 0.943 bits per heavy atom. The number of carbonyl (C=O) groups excluding carboxylic acids is 4. The fourth-order valence-corrected chi connectivity index (χ4v) is 3.66. The Labute approximate surface area is 209 Å². The average Bonchev–Trinajstić information content (AvgIpc) is 2.79. The molecule has 0 bridgehead atoms. The van der Waals surface area contributed by atoms with Crippen molar-refractivity contribution in [1.29, 1.82) is 0 Å². The van der Waals surface area contributed by atoms with E-state index < -0.39 is 60.2 Å². The predicted molar refractivity (Wildman–Crippen MR) is 133 cm³/mol. The summed E-state index contributed by atoms with van der Waals surface area (Å²) in [7, 11) is 0. The van der Waals surface area contributed by atoms with E-state index in [0.29, 0.717) is 5.75 Å². The molecule has 0 radical (unpaired) electrons. The van der Waals surface area contributed by atoms with Crippen LogP contribution in [0.3, 0.4) is 0 Å². The Morgan fingerprint density at radius 3 is 2.06 bits per heavy atom. The largest absolute Gasteiger partial charge is 0.480 e. The molecular weight excluding hydrogens is 474 g/mol. The van der Waals surface area contributed by atoms with Gasteiger partial charge < -0.3 is 32.5 Å². The van der Waals surface area contributed by atoms with Crippen molar-refractivity contribution in [2.24, 2.45) is 17.4 Å². The smallest absolute Gasteiger partial charge is 0.326 e. The number of amides is 4. The summed E-state index contributed by atoms with van der Waals surface area (Å²) in [4.78, 5) is 61.3. The molecular formula is C23H35N5O6S. The van der Waals surface area contributed by atoms with Gasteiger partial charge in [0.1, 0.15) is 18.1 Å². The predicted octanol–water partition coefficient (Wildman–Crippen LogP) is -0.620. The number of primary amides is 1. The van der Waals surface area contributed by atoms with Gasteiger partial charge in [-0.1, -0.05) is 44.2 Å². The van der Waals surface area contributed by atoms with E-state index in [4.69, 9.17) is 11.5 Å². The highest BCUT2D eigenvalue weighted by atomic mass is 32.2. The fraction of sp³-hybridized carbons (Fsp3) is 0.522. The summed E-state index contributed by atoms with van der Waals surface area (Å²) in [6.07, 6.45) is 1.67. The first-order valence-electron chi connectivity index (χ1n) is 11.2. The van der Waals surface area contributed by atoms with E-state index in [-0.39, 0.29) is 18.8 Å². The number of thioether (sulfide) groups is 1. The molecule has 0 aromatic heterocycles. The number of hydrogen-bond donors (Lipinski definition) is 6. The third-order valence-electron chi connectivity index (χ3n) is 5.15. The number of nitrogens with two attached hydrogens (primary N) is 2. The van der Waals surface area contributed by atoms with Crippen molar-refractivity contribution in [3.05, 3.63) is 35.9 Å². The van der Waals surface area contributed by atoms with Crippen LogP contribution in [-0.2, 0) is 30.4 Å². The molecule has 1 aromatic carbocycles. The van der Waals surface area contributed by atoms with Crippen molar-refractivity contribution in [1.82, 2.24) is 16.0 Å². The number of benzene rings is 1. The molecule has 12 heteroatoms. The third kappa shape index (κ3) is 10.8. The Hall–Kier alpha value is -3.12. The highest BCUT2D eigenvalue weighted by molar-refractivity contribution is 7.98.